The first-order valence-electron chi connectivity index (χ1n) is 7.44. The topological polar surface area (TPSA) is 46.6 Å². The molecule has 0 aromatic heterocycles. The second-order valence-electron chi connectivity index (χ2n) is 7.48. The second-order valence-corrected chi connectivity index (χ2v) is 7.48. The predicted molar refractivity (Wildman–Crippen MR) is 89.3 cm³/mol. The molecule has 0 aliphatic heterocycles. The smallest absolute Gasteiger partial charge is 0.338 e. The molecule has 4 heteroatoms. The van der Waals surface area contributed by atoms with E-state index in [1.54, 1.807) is 12.1 Å². The van der Waals surface area contributed by atoms with E-state index in [4.69, 9.17) is 4.74 Å². The molecule has 1 rings (SSSR count). The number of benzene rings is 1. The maximum Gasteiger partial charge on any atom is 0.338 e. The molecular weight excluding hydrogens is 278 g/mol. The van der Waals surface area contributed by atoms with Crippen molar-refractivity contribution in [2.24, 2.45) is 10.8 Å². The maximum atomic E-state index is 12.4. The molecule has 0 saturated carbocycles. The Labute approximate surface area is 133 Å². The number of hydrogen-bond acceptors (Lipinski definition) is 4. The number of carbonyl (C=O) groups excluding carboxylic acids is 2. The molecule has 0 atom stereocenters. The third-order valence-electron chi connectivity index (χ3n) is 3.48. The van der Waals surface area contributed by atoms with Gasteiger partial charge in [0, 0.05) is 25.2 Å². The van der Waals surface area contributed by atoms with Gasteiger partial charge in [-0.3, -0.25) is 4.79 Å². The van der Waals surface area contributed by atoms with Gasteiger partial charge in [-0.2, -0.15) is 0 Å². The minimum atomic E-state index is -0.697. The Morgan fingerprint density at radius 3 is 1.91 bits per heavy atom. The van der Waals surface area contributed by atoms with Crippen molar-refractivity contribution in [3.05, 3.63) is 29.8 Å². The standard InChI is InChI=1S/C18H27NO3/c1-17(2,3)16(21)18(4,5)12-22-15(20)13-8-10-14(11-9-13)19(6)7/h8-11H,12H2,1-7H3. The Morgan fingerprint density at radius 2 is 1.50 bits per heavy atom. The molecule has 0 bridgehead atoms. The lowest BCUT2D eigenvalue weighted by atomic mass is 9.75. The van der Waals surface area contributed by atoms with E-state index in [1.165, 1.54) is 0 Å². The Morgan fingerprint density at radius 1 is 1.00 bits per heavy atom. The van der Waals surface area contributed by atoms with Crippen LogP contribution < -0.4 is 4.90 Å². The Balaban J connectivity index is 2.71. The molecule has 0 aliphatic rings. The zero-order valence-corrected chi connectivity index (χ0v) is 14.7. The van der Waals surface area contributed by atoms with Crippen LogP contribution in [0.15, 0.2) is 24.3 Å². The molecular formula is C18H27NO3. The average Bonchev–Trinajstić information content (AvgIpc) is 2.43. The molecule has 122 valence electrons. The van der Waals surface area contributed by atoms with Crippen molar-refractivity contribution in [1.29, 1.82) is 0 Å². The van der Waals surface area contributed by atoms with Crippen molar-refractivity contribution in [2.75, 3.05) is 25.6 Å². The van der Waals surface area contributed by atoms with Gasteiger partial charge in [-0.15, -0.1) is 0 Å². The molecule has 0 radical (unpaired) electrons. The maximum absolute atomic E-state index is 12.4. The number of ketones is 1. The number of Topliss-reactive ketones (excluding diaryl/α,β-unsaturated/α-hetero) is 1. The minimum absolute atomic E-state index is 0.0794. The van der Waals surface area contributed by atoms with Crippen LogP contribution in [0.2, 0.25) is 0 Å². The van der Waals surface area contributed by atoms with Gasteiger partial charge < -0.3 is 9.64 Å². The molecule has 0 fully saturated rings. The molecule has 1 aromatic carbocycles. The summed E-state index contributed by atoms with van der Waals surface area (Å²) in [5.41, 5.74) is 0.352. The molecule has 0 amide bonds. The van der Waals surface area contributed by atoms with Crippen LogP contribution >= 0.6 is 0 Å². The van der Waals surface area contributed by atoms with Crippen LogP contribution in [0.5, 0.6) is 0 Å². The number of anilines is 1. The van der Waals surface area contributed by atoms with Gasteiger partial charge in [-0.1, -0.05) is 20.8 Å². The van der Waals surface area contributed by atoms with Crippen LogP contribution in [0.3, 0.4) is 0 Å². The van der Waals surface area contributed by atoms with E-state index < -0.39 is 16.8 Å². The molecule has 1 aromatic rings. The predicted octanol–water partition coefficient (Wildman–Crippen LogP) is 3.55. The molecule has 22 heavy (non-hydrogen) atoms. The number of nitrogens with zero attached hydrogens (tertiary/aromatic N) is 1. The van der Waals surface area contributed by atoms with E-state index >= 15 is 0 Å². The van der Waals surface area contributed by atoms with Gasteiger partial charge in [0.25, 0.3) is 0 Å². The fraction of sp³-hybridized carbons (Fsp3) is 0.556. The van der Waals surface area contributed by atoms with Crippen molar-refractivity contribution in [3.8, 4) is 0 Å². The number of rotatable bonds is 5. The highest BCUT2D eigenvalue weighted by molar-refractivity contribution is 5.91. The highest BCUT2D eigenvalue weighted by Gasteiger charge is 2.37. The van der Waals surface area contributed by atoms with Crippen LogP contribution in [0, 0.1) is 10.8 Å². The summed E-state index contributed by atoms with van der Waals surface area (Å²) in [6.07, 6.45) is 0. The molecule has 0 unspecified atom stereocenters. The Hall–Kier alpha value is -1.84. The summed E-state index contributed by atoms with van der Waals surface area (Å²) in [6, 6.07) is 7.19. The SMILES string of the molecule is CN(C)c1ccc(C(=O)OCC(C)(C)C(=O)C(C)(C)C)cc1. The summed E-state index contributed by atoms with van der Waals surface area (Å²) in [6.45, 7) is 9.32. The van der Waals surface area contributed by atoms with Gasteiger partial charge >= 0.3 is 5.97 Å². The van der Waals surface area contributed by atoms with Crippen LogP contribution in [-0.4, -0.2) is 32.5 Å². The van der Waals surface area contributed by atoms with Crippen molar-refractivity contribution in [3.63, 3.8) is 0 Å². The van der Waals surface area contributed by atoms with Crippen LogP contribution in [0.4, 0.5) is 5.69 Å². The normalized spacial score (nSPS) is 12.0. The number of hydrogen-bond donors (Lipinski definition) is 0. The van der Waals surface area contributed by atoms with Gasteiger partial charge in [-0.25, -0.2) is 4.79 Å². The summed E-state index contributed by atoms with van der Waals surface area (Å²) in [4.78, 5) is 26.4. The lowest BCUT2D eigenvalue weighted by molar-refractivity contribution is -0.137. The van der Waals surface area contributed by atoms with Crippen molar-refractivity contribution in [2.45, 2.75) is 34.6 Å². The molecule has 0 heterocycles. The highest BCUT2D eigenvalue weighted by Crippen LogP contribution is 2.29. The van der Waals surface area contributed by atoms with Crippen molar-refractivity contribution < 1.29 is 14.3 Å². The molecule has 0 spiro atoms. The first kappa shape index (κ1) is 18.2. The fourth-order valence-electron chi connectivity index (χ4n) is 2.31. The highest BCUT2D eigenvalue weighted by atomic mass is 16.5. The number of carbonyl (C=O) groups is 2. The molecule has 4 nitrogen and oxygen atoms in total. The second kappa shape index (κ2) is 6.51. The lowest BCUT2D eigenvalue weighted by Crippen LogP contribution is -2.38. The largest absolute Gasteiger partial charge is 0.461 e. The molecule has 0 N–H and O–H groups in total. The van der Waals surface area contributed by atoms with E-state index in [2.05, 4.69) is 0 Å². The minimum Gasteiger partial charge on any atom is -0.461 e. The summed E-state index contributed by atoms with van der Waals surface area (Å²) in [5.74, 6) is -0.323. The Bertz CT molecular complexity index is 536. The third-order valence-corrected chi connectivity index (χ3v) is 3.48. The summed E-state index contributed by atoms with van der Waals surface area (Å²) in [7, 11) is 3.88. The summed E-state index contributed by atoms with van der Waals surface area (Å²) in [5, 5.41) is 0. The van der Waals surface area contributed by atoms with Crippen molar-refractivity contribution in [1.82, 2.24) is 0 Å². The van der Waals surface area contributed by atoms with Gasteiger partial charge in [0.1, 0.15) is 12.4 Å². The first-order valence-corrected chi connectivity index (χ1v) is 7.44. The van der Waals surface area contributed by atoms with Crippen molar-refractivity contribution >= 4 is 17.4 Å². The van der Waals surface area contributed by atoms with Gasteiger partial charge in [0.15, 0.2) is 0 Å². The quantitative estimate of drug-likeness (QED) is 0.781. The summed E-state index contributed by atoms with van der Waals surface area (Å²) >= 11 is 0. The molecule has 0 saturated heterocycles. The van der Waals surface area contributed by atoms with E-state index in [-0.39, 0.29) is 12.4 Å². The lowest BCUT2D eigenvalue weighted by Gasteiger charge is -2.30. The zero-order valence-electron chi connectivity index (χ0n) is 14.7. The Kier molecular flexibility index (Phi) is 5.39. The summed E-state index contributed by atoms with van der Waals surface area (Å²) < 4.78 is 5.34. The zero-order chi connectivity index (χ0) is 17.1. The fourth-order valence-corrected chi connectivity index (χ4v) is 2.31. The van der Waals surface area contributed by atoms with E-state index in [9.17, 15) is 9.59 Å². The van der Waals surface area contributed by atoms with E-state index in [0.29, 0.717) is 5.56 Å². The number of ether oxygens (including phenoxy) is 1. The number of esters is 1. The average molecular weight is 305 g/mol. The van der Waals surface area contributed by atoms with Gasteiger partial charge in [-0.05, 0) is 38.1 Å². The van der Waals surface area contributed by atoms with Crippen LogP contribution in [0.1, 0.15) is 45.0 Å². The molecule has 0 aliphatic carbocycles. The van der Waals surface area contributed by atoms with Crippen LogP contribution in [-0.2, 0) is 9.53 Å². The van der Waals surface area contributed by atoms with E-state index in [0.717, 1.165) is 5.69 Å². The first-order chi connectivity index (χ1) is 9.95. The monoisotopic (exact) mass is 305 g/mol. The van der Waals surface area contributed by atoms with Crippen LogP contribution in [0.25, 0.3) is 0 Å². The third kappa shape index (κ3) is 4.58. The van der Waals surface area contributed by atoms with E-state index in [1.807, 2.05) is 65.7 Å². The van der Waals surface area contributed by atoms with Gasteiger partial charge in [0.2, 0.25) is 0 Å². The van der Waals surface area contributed by atoms with Gasteiger partial charge in [0.05, 0.1) is 11.0 Å².